The van der Waals surface area contributed by atoms with Crippen molar-refractivity contribution in [1.82, 2.24) is 0 Å². The van der Waals surface area contributed by atoms with Gasteiger partial charge in [-0.15, -0.1) is 4.55 Å². The maximum atomic E-state index is 10.4. The molecule has 0 aliphatic carbocycles. The van der Waals surface area contributed by atoms with E-state index < -0.39 is 0 Å². The Morgan fingerprint density at radius 2 is 1.58 bits per heavy atom. The Kier molecular flexibility index (Phi) is 2.80. The van der Waals surface area contributed by atoms with Gasteiger partial charge in [0, 0.05) is 4.90 Å². The van der Waals surface area contributed by atoms with Crippen molar-refractivity contribution >= 4 is 12.0 Å². The van der Waals surface area contributed by atoms with Gasteiger partial charge < -0.3 is 0 Å². The highest BCUT2D eigenvalue weighted by Gasteiger charge is 2.12. The fourth-order valence-electron chi connectivity index (χ4n) is 1.01. The molecule has 1 aromatic carbocycles. The molecule has 0 spiro atoms. The van der Waals surface area contributed by atoms with Crippen molar-refractivity contribution in [3.63, 3.8) is 0 Å². The predicted molar refractivity (Wildman–Crippen MR) is 51.7 cm³/mol. The third-order valence-corrected chi connectivity index (χ3v) is 2.28. The zero-order valence-electron chi connectivity index (χ0n) is 7.63. The summed E-state index contributed by atoms with van der Waals surface area (Å²) < 4.78 is 10.4. The molecule has 0 aliphatic rings. The second-order valence-electron chi connectivity index (χ2n) is 3.86. The van der Waals surface area contributed by atoms with Crippen LogP contribution in [0.4, 0.5) is 0 Å². The third-order valence-electron chi connectivity index (χ3n) is 1.82. The standard InChI is InChI=1S/C10H13OS/c1-10(2,3)8-4-6-9(12-11)7-5-8/h4-7H,1-3H3. The quantitative estimate of drug-likeness (QED) is 0.608. The predicted octanol–water partition coefficient (Wildman–Crippen LogP) is 3.42. The van der Waals surface area contributed by atoms with Gasteiger partial charge in [0.05, 0.1) is 12.0 Å². The lowest BCUT2D eigenvalue weighted by molar-refractivity contribution is 0.531. The first kappa shape index (κ1) is 9.62. The fourth-order valence-corrected chi connectivity index (χ4v) is 1.26. The van der Waals surface area contributed by atoms with Crippen LogP contribution in [0.1, 0.15) is 26.3 Å². The van der Waals surface area contributed by atoms with Gasteiger partial charge in [-0.1, -0.05) is 32.9 Å². The van der Waals surface area contributed by atoms with Gasteiger partial charge >= 0.3 is 0 Å². The Hall–Kier alpha value is -0.470. The number of benzene rings is 1. The first-order chi connectivity index (χ1) is 5.54. The Bertz CT molecular complexity index is 246. The van der Waals surface area contributed by atoms with Crippen molar-refractivity contribution < 1.29 is 4.55 Å². The minimum absolute atomic E-state index is 0.173. The lowest BCUT2D eigenvalue weighted by Crippen LogP contribution is -2.10. The van der Waals surface area contributed by atoms with Crippen LogP contribution < -0.4 is 0 Å². The molecule has 0 unspecified atom stereocenters. The highest BCUT2D eigenvalue weighted by atomic mass is 32.2. The molecule has 0 saturated heterocycles. The molecule has 65 valence electrons. The van der Waals surface area contributed by atoms with E-state index >= 15 is 0 Å². The summed E-state index contributed by atoms with van der Waals surface area (Å²) in [5.74, 6) is 0. The van der Waals surface area contributed by atoms with Crippen molar-refractivity contribution in [2.45, 2.75) is 31.1 Å². The molecule has 0 N–H and O–H groups in total. The molecule has 12 heavy (non-hydrogen) atoms. The molecule has 0 bridgehead atoms. The van der Waals surface area contributed by atoms with Crippen molar-refractivity contribution in [2.75, 3.05) is 0 Å². The molecule has 0 aliphatic heterocycles. The summed E-state index contributed by atoms with van der Waals surface area (Å²) in [4.78, 5) is 0.781. The zero-order chi connectivity index (χ0) is 9.19. The first-order valence-corrected chi connectivity index (χ1v) is 4.68. The Balaban J connectivity index is 2.93. The van der Waals surface area contributed by atoms with Crippen LogP contribution in [-0.2, 0) is 9.97 Å². The number of hydrogen-bond acceptors (Lipinski definition) is 1. The molecule has 0 amide bonds. The summed E-state index contributed by atoms with van der Waals surface area (Å²) in [6.07, 6.45) is 0. The summed E-state index contributed by atoms with van der Waals surface area (Å²) in [7, 11) is 0. The van der Waals surface area contributed by atoms with Crippen molar-refractivity contribution in [3.05, 3.63) is 29.8 Å². The van der Waals surface area contributed by atoms with Crippen LogP contribution in [0.5, 0.6) is 0 Å². The highest BCUT2D eigenvalue weighted by Crippen LogP contribution is 2.24. The van der Waals surface area contributed by atoms with Crippen molar-refractivity contribution in [3.8, 4) is 0 Å². The van der Waals surface area contributed by atoms with Crippen LogP contribution in [0, 0.1) is 0 Å². The van der Waals surface area contributed by atoms with E-state index in [0.29, 0.717) is 12.0 Å². The van der Waals surface area contributed by atoms with Gasteiger partial charge in [-0.05, 0) is 23.1 Å². The molecule has 0 saturated carbocycles. The third kappa shape index (κ3) is 2.26. The molecule has 1 nitrogen and oxygen atoms in total. The molecule has 0 fully saturated rings. The second kappa shape index (κ2) is 3.50. The van der Waals surface area contributed by atoms with Gasteiger partial charge in [0.2, 0.25) is 0 Å². The van der Waals surface area contributed by atoms with Crippen molar-refractivity contribution in [2.24, 2.45) is 0 Å². The summed E-state index contributed by atoms with van der Waals surface area (Å²) in [5, 5.41) is 0. The van der Waals surface area contributed by atoms with Crippen LogP contribution in [0.25, 0.3) is 0 Å². The summed E-state index contributed by atoms with van der Waals surface area (Å²) in [6.45, 7) is 6.48. The minimum Gasteiger partial charge on any atom is -0.145 e. The summed E-state index contributed by atoms with van der Waals surface area (Å²) in [5.41, 5.74) is 1.44. The number of hydrogen-bond donors (Lipinski definition) is 0. The molecular weight excluding hydrogens is 168 g/mol. The summed E-state index contributed by atoms with van der Waals surface area (Å²) in [6, 6.07) is 7.77. The van der Waals surface area contributed by atoms with E-state index in [1.807, 2.05) is 24.3 Å². The van der Waals surface area contributed by atoms with E-state index in [1.165, 1.54) is 5.56 Å². The Morgan fingerprint density at radius 1 is 1.08 bits per heavy atom. The lowest BCUT2D eigenvalue weighted by atomic mass is 9.87. The average Bonchev–Trinajstić information content (AvgIpc) is 2.03. The van der Waals surface area contributed by atoms with E-state index in [0.717, 1.165) is 4.90 Å². The zero-order valence-corrected chi connectivity index (χ0v) is 8.44. The summed E-state index contributed by atoms with van der Waals surface area (Å²) >= 11 is 0.538. The second-order valence-corrected chi connectivity index (χ2v) is 4.50. The average molecular weight is 181 g/mol. The molecule has 1 rings (SSSR count). The Morgan fingerprint density at radius 3 is 1.92 bits per heavy atom. The normalized spacial score (nSPS) is 11.7. The molecule has 1 aromatic rings. The van der Waals surface area contributed by atoms with Crippen molar-refractivity contribution in [1.29, 1.82) is 0 Å². The lowest BCUT2D eigenvalue weighted by Gasteiger charge is -2.18. The topological polar surface area (TPSA) is 19.9 Å². The maximum absolute atomic E-state index is 10.4. The maximum Gasteiger partial charge on any atom is 0.0695 e. The largest absolute Gasteiger partial charge is 0.145 e. The highest BCUT2D eigenvalue weighted by molar-refractivity contribution is 7.93. The van der Waals surface area contributed by atoms with E-state index in [2.05, 4.69) is 20.8 Å². The smallest absolute Gasteiger partial charge is 0.0695 e. The van der Waals surface area contributed by atoms with E-state index in [1.54, 1.807) is 0 Å². The Labute approximate surface area is 78.0 Å². The van der Waals surface area contributed by atoms with Crippen LogP contribution >= 0.6 is 12.0 Å². The van der Waals surface area contributed by atoms with E-state index in [9.17, 15) is 4.55 Å². The van der Waals surface area contributed by atoms with Gasteiger partial charge in [0.25, 0.3) is 0 Å². The molecule has 0 atom stereocenters. The molecule has 2 heteroatoms. The van der Waals surface area contributed by atoms with E-state index in [4.69, 9.17) is 0 Å². The van der Waals surface area contributed by atoms with Gasteiger partial charge in [-0.25, -0.2) is 0 Å². The van der Waals surface area contributed by atoms with Gasteiger partial charge in [-0.3, -0.25) is 0 Å². The number of rotatable bonds is 1. The monoisotopic (exact) mass is 181 g/mol. The van der Waals surface area contributed by atoms with Gasteiger partial charge in [0.1, 0.15) is 0 Å². The van der Waals surface area contributed by atoms with Gasteiger partial charge in [0.15, 0.2) is 0 Å². The van der Waals surface area contributed by atoms with Crippen LogP contribution in [-0.4, -0.2) is 0 Å². The van der Waals surface area contributed by atoms with Crippen LogP contribution in [0.15, 0.2) is 29.2 Å². The first-order valence-electron chi connectivity index (χ1n) is 3.94. The van der Waals surface area contributed by atoms with Gasteiger partial charge in [-0.2, -0.15) is 0 Å². The van der Waals surface area contributed by atoms with E-state index in [-0.39, 0.29) is 5.41 Å². The molecule has 0 aromatic heterocycles. The molecule has 1 radical (unpaired) electrons. The van der Waals surface area contributed by atoms with Crippen LogP contribution in [0.2, 0.25) is 0 Å². The minimum atomic E-state index is 0.173. The SMILES string of the molecule is CC(C)(C)c1ccc(S[O])cc1. The van der Waals surface area contributed by atoms with Crippen LogP contribution in [0.3, 0.4) is 0 Å². The molecule has 0 heterocycles. The molecular formula is C10H13OS. The fraction of sp³-hybridized carbons (Fsp3) is 0.400.